The van der Waals surface area contributed by atoms with E-state index in [0.29, 0.717) is 18.1 Å². The first kappa shape index (κ1) is 15.4. The smallest absolute Gasteiger partial charge is 0.356 e. The van der Waals surface area contributed by atoms with Crippen molar-refractivity contribution in [3.05, 3.63) is 17.7 Å². The lowest BCUT2D eigenvalue weighted by Gasteiger charge is -2.21. The first-order valence-corrected chi connectivity index (χ1v) is 6.33. The Labute approximate surface area is 113 Å². The molecule has 0 spiro atoms. The normalized spacial score (nSPS) is 12.8. The third-order valence-corrected chi connectivity index (χ3v) is 3.00. The minimum atomic E-state index is -1.04. The Bertz CT molecular complexity index is 446. The lowest BCUT2D eigenvalue weighted by atomic mass is 10.2. The van der Waals surface area contributed by atoms with Crippen LogP contribution in [0.2, 0.25) is 0 Å². The average Bonchev–Trinajstić information content (AvgIpc) is 2.35. The van der Waals surface area contributed by atoms with Crippen LogP contribution in [0.1, 0.15) is 43.0 Å². The summed E-state index contributed by atoms with van der Waals surface area (Å²) in [5.74, 6) is -0.388. The van der Waals surface area contributed by atoms with E-state index < -0.39 is 5.97 Å². The van der Waals surface area contributed by atoms with Gasteiger partial charge in [0.15, 0.2) is 5.69 Å². The van der Waals surface area contributed by atoms with Crippen molar-refractivity contribution in [2.24, 2.45) is 0 Å². The van der Waals surface area contributed by atoms with Crippen molar-refractivity contribution in [2.75, 3.05) is 26.0 Å². The van der Waals surface area contributed by atoms with Crippen LogP contribution in [-0.4, -0.2) is 52.6 Å². The highest BCUT2D eigenvalue weighted by Crippen LogP contribution is 2.16. The lowest BCUT2D eigenvalue weighted by Crippen LogP contribution is -2.32. The number of aromatic carboxylic acids is 1. The van der Waals surface area contributed by atoms with Gasteiger partial charge < -0.3 is 15.3 Å². The molecule has 0 amide bonds. The van der Waals surface area contributed by atoms with Crippen LogP contribution in [0.25, 0.3) is 0 Å². The highest BCUT2D eigenvalue weighted by Gasteiger charge is 2.16. The number of hydrogen-bond acceptors (Lipinski definition) is 5. The molecule has 0 aliphatic rings. The van der Waals surface area contributed by atoms with Gasteiger partial charge in [0.1, 0.15) is 5.82 Å². The zero-order valence-electron chi connectivity index (χ0n) is 12.1. The molecular formula is C13H22N4O2. The molecule has 1 rings (SSSR count). The van der Waals surface area contributed by atoms with Crippen molar-refractivity contribution in [3.8, 4) is 0 Å². The molecule has 0 aliphatic heterocycles. The molecule has 0 fully saturated rings. The fourth-order valence-corrected chi connectivity index (χ4v) is 1.41. The summed E-state index contributed by atoms with van der Waals surface area (Å²) in [4.78, 5) is 21.6. The Kier molecular flexibility index (Phi) is 5.23. The number of nitrogens with zero attached hydrogens (tertiary/aromatic N) is 3. The molecule has 0 saturated carbocycles. The summed E-state index contributed by atoms with van der Waals surface area (Å²) in [5, 5.41) is 12.3. The van der Waals surface area contributed by atoms with Crippen LogP contribution in [0.4, 0.5) is 5.69 Å². The zero-order valence-corrected chi connectivity index (χ0v) is 12.1. The zero-order chi connectivity index (χ0) is 14.6. The molecule has 0 saturated heterocycles. The van der Waals surface area contributed by atoms with E-state index in [1.54, 1.807) is 6.20 Å². The first-order valence-electron chi connectivity index (χ1n) is 6.33. The van der Waals surface area contributed by atoms with Gasteiger partial charge in [0.05, 0.1) is 11.9 Å². The molecule has 6 heteroatoms. The van der Waals surface area contributed by atoms with E-state index in [2.05, 4.69) is 27.1 Å². The standard InChI is InChI=1S/C13H22N4O2/c1-8(2)12-15-7-10(11(16-12)13(18)19)14-6-9(3)17(4)5/h7-9,14H,6H2,1-5H3,(H,18,19). The van der Waals surface area contributed by atoms with Gasteiger partial charge in [-0.2, -0.15) is 0 Å². The number of nitrogens with one attached hydrogen (secondary N) is 1. The highest BCUT2D eigenvalue weighted by atomic mass is 16.4. The molecule has 1 aromatic rings. The maximum Gasteiger partial charge on any atom is 0.356 e. The molecule has 2 N–H and O–H groups in total. The first-order chi connectivity index (χ1) is 8.82. The molecule has 19 heavy (non-hydrogen) atoms. The van der Waals surface area contributed by atoms with E-state index >= 15 is 0 Å². The molecule has 1 heterocycles. The maximum atomic E-state index is 11.2. The van der Waals surface area contributed by atoms with Gasteiger partial charge in [0, 0.05) is 18.5 Å². The summed E-state index contributed by atoms with van der Waals surface area (Å²) < 4.78 is 0. The summed E-state index contributed by atoms with van der Waals surface area (Å²) >= 11 is 0. The number of aromatic nitrogens is 2. The summed E-state index contributed by atoms with van der Waals surface area (Å²) in [5.41, 5.74) is 0.496. The number of carbonyl (C=O) groups is 1. The van der Waals surface area contributed by atoms with E-state index in [0.717, 1.165) is 0 Å². The summed E-state index contributed by atoms with van der Waals surface area (Å²) in [6.45, 7) is 6.55. The monoisotopic (exact) mass is 266 g/mol. The van der Waals surface area contributed by atoms with Gasteiger partial charge >= 0.3 is 5.97 Å². The molecule has 0 bridgehead atoms. The predicted molar refractivity (Wildman–Crippen MR) is 74.7 cm³/mol. The highest BCUT2D eigenvalue weighted by molar-refractivity contribution is 5.91. The average molecular weight is 266 g/mol. The minimum absolute atomic E-state index is 0.0321. The number of anilines is 1. The number of carboxylic acid groups (broad SMARTS) is 1. The Morgan fingerprint density at radius 2 is 2.05 bits per heavy atom. The van der Waals surface area contributed by atoms with Gasteiger partial charge in [-0.1, -0.05) is 13.8 Å². The van der Waals surface area contributed by atoms with Crippen LogP contribution in [0.15, 0.2) is 6.20 Å². The molecule has 1 aromatic heterocycles. The number of carboxylic acids is 1. The summed E-state index contributed by atoms with van der Waals surface area (Å²) in [7, 11) is 3.95. The van der Waals surface area contributed by atoms with Crippen molar-refractivity contribution in [1.29, 1.82) is 0 Å². The van der Waals surface area contributed by atoms with E-state index in [4.69, 9.17) is 0 Å². The molecular weight excluding hydrogens is 244 g/mol. The van der Waals surface area contributed by atoms with Gasteiger partial charge in [-0.15, -0.1) is 0 Å². The van der Waals surface area contributed by atoms with Crippen LogP contribution < -0.4 is 5.32 Å². The predicted octanol–water partition coefficient (Wildman–Crippen LogP) is 1.66. The van der Waals surface area contributed by atoms with E-state index in [9.17, 15) is 9.90 Å². The SMILES string of the molecule is CC(C)c1ncc(NCC(C)N(C)C)c(C(=O)O)n1. The van der Waals surface area contributed by atoms with Gasteiger partial charge in [0.25, 0.3) is 0 Å². The van der Waals surface area contributed by atoms with Crippen molar-refractivity contribution in [2.45, 2.75) is 32.7 Å². The van der Waals surface area contributed by atoms with Crippen molar-refractivity contribution in [1.82, 2.24) is 14.9 Å². The molecule has 6 nitrogen and oxygen atoms in total. The van der Waals surface area contributed by atoms with Crippen LogP contribution in [0.3, 0.4) is 0 Å². The van der Waals surface area contributed by atoms with Crippen LogP contribution >= 0.6 is 0 Å². The quantitative estimate of drug-likeness (QED) is 0.815. The third kappa shape index (κ3) is 4.17. The minimum Gasteiger partial charge on any atom is -0.476 e. The molecule has 0 aliphatic carbocycles. The van der Waals surface area contributed by atoms with Crippen molar-refractivity contribution in [3.63, 3.8) is 0 Å². The van der Waals surface area contributed by atoms with Crippen LogP contribution in [-0.2, 0) is 0 Å². The number of hydrogen-bond donors (Lipinski definition) is 2. The van der Waals surface area contributed by atoms with E-state index in [1.165, 1.54) is 0 Å². The molecule has 1 atom stereocenters. The van der Waals surface area contributed by atoms with Crippen molar-refractivity contribution >= 4 is 11.7 Å². The second kappa shape index (κ2) is 6.47. The Hall–Kier alpha value is -1.69. The van der Waals surface area contributed by atoms with Gasteiger partial charge in [-0.05, 0) is 21.0 Å². The molecule has 1 unspecified atom stereocenters. The maximum absolute atomic E-state index is 11.2. The van der Waals surface area contributed by atoms with Crippen molar-refractivity contribution < 1.29 is 9.90 Å². The largest absolute Gasteiger partial charge is 0.476 e. The fraction of sp³-hybridized carbons (Fsp3) is 0.615. The summed E-state index contributed by atoms with van der Waals surface area (Å²) in [6, 6.07) is 0.284. The van der Waals surface area contributed by atoms with Gasteiger partial charge in [-0.3, -0.25) is 0 Å². The fourth-order valence-electron chi connectivity index (χ4n) is 1.41. The van der Waals surface area contributed by atoms with Crippen LogP contribution in [0.5, 0.6) is 0 Å². The Morgan fingerprint density at radius 3 is 2.53 bits per heavy atom. The second-order valence-electron chi connectivity index (χ2n) is 5.14. The second-order valence-corrected chi connectivity index (χ2v) is 5.14. The van der Waals surface area contributed by atoms with Gasteiger partial charge in [-0.25, -0.2) is 14.8 Å². The van der Waals surface area contributed by atoms with E-state index in [1.807, 2.05) is 27.9 Å². The topological polar surface area (TPSA) is 78.4 Å². The number of likely N-dealkylation sites (N-methyl/N-ethyl adjacent to an activating group) is 1. The Balaban J connectivity index is 2.91. The number of rotatable bonds is 6. The van der Waals surface area contributed by atoms with Gasteiger partial charge in [0.2, 0.25) is 0 Å². The molecule has 0 radical (unpaired) electrons. The third-order valence-electron chi connectivity index (χ3n) is 3.00. The lowest BCUT2D eigenvalue weighted by molar-refractivity contribution is 0.0691. The molecule has 106 valence electrons. The summed E-state index contributed by atoms with van der Waals surface area (Å²) in [6.07, 6.45) is 1.55. The molecule has 0 aromatic carbocycles. The van der Waals surface area contributed by atoms with E-state index in [-0.39, 0.29) is 17.7 Å². The van der Waals surface area contributed by atoms with Crippen LogP contribution in [0, 0.1) is 0 Å². The Morgan fingerprint density at radius 1 is 1.42 bits per heavy atom.